The third-order valence-corrected chi connectivity index (χ3v) is 4.25. The van der Waals surface area contributed by atoms with Crippen molar-refractivity contribution < 1.29 is 4.79 Å². The van der Waals surface area contributed by atoms with Crippen LogP contribution in [0.4, 0.5) is 5.69 Å². The van der Waals surface area contributed by atoms with Crippen molar-refractivity contribution in [3.63, 3.8) is 0 Å². The van der Waals surface area contributed by atoms with Crippen molar-refractivity contribution in [2.75, 3.05) is 11.9 Å². The second-order valence-corrected chi connectivity index (χ2v) is 5.58. The van der Waals surface area contributed by atoms with E-state index in [1.54, 1.807) is 11.3 Å². The average molecular weight is 257 g/mol. The molecule has 92 valence electrons. The van der Waals surface area contributed by atoms with Crippen LogP contribution < -0.4 is 5.32 Å². The lowest BCUT2D eigenvalue weighted by atomic mass is 10.0. The molecule has 0 fully saturated rings. The van der Waals surface area contributed by atoms with E-state index >= 15 is 0 Å². The van der Waals surface area contributed by atoms with Gasteiger partial charge in [0.2, 0.25) is 0 Å². The first-order chi connectivity index (χ1) is 8.83. The normalized spacial score (nSPS) is 13.1. The largest absolute Gasteiger partial charge is 0.384 e. The summed E-state index contributed by atoms with van der Waals surface area (Å²) in [5, 5.41) is 5.37. The molecular formula is C15H15NOS. The summed E-state index contributed by atoms with van der Waals surface area (Å²) in [4.78, 5) is 13.4. The number of hydrogen-bond acceptors (Lipinski definition) is 3. The van der Waals surface area contributed by atoms with Gasteiger partial charge in [-0.25, -0.2) is 0 Å². The fourth-order valence-corrected chi connectivity index (χ4v) is 3.02. The number of Topliss-reactive ketones (excluding diaryl/α,β-unsaturated/α-hetero) is 1. The molecule has 2 heterocycles. The van der Waals surface area contributed by atoms with Gasteiger partial charge in [-0.2, -0.15) is 0 Å². The van der Waals surface area contributed by atoms with Crippen molar-refractivity contribution >= 4 is 22.8 Å². The van der Waals surface area contributed by atoms with Gasteiger partial charge in [0.05, 0.1) is 0 Å². The first kappa shape index (κ1) is 11.5. The molecule has 0 unspecified atom stereocenters. The molecule has 0 aliphatic carbocycles. The summed E-state index contributed by atoms with van der Waals surface area (Å²) in [5.41, 5.74) is 3.32. The number of nitrogens with one attached hydrogen (secondary N) is 1. The minimum atomic E-state index is 0.248. The molecule has 3 rings (SSSR count). The number of aryl methyl sites for hydroxylation is 1. The number of ketones is 1. The van der Waals surface area contributed by atoms with E-state index in [1.807, 2.05) is 24.3 Å². The first-order valence-electron chi connectivity index (χ1n) is 6.25. The quantitative estimate of drug-likeness (QED) is 0.849. The van der Waals surface area contributed by atoms with Crippen LogP contribution in [-0.2, 0) is 12.8 Å². The number of carbonyl (C=O) groups is 1. The van der Waals surface area contributed by atoms with Crippen LogP contribution in [0.1, 0.15) is 27.2 Å². The van der Waals surface area contributed by atoms with Gasteiger partial charge in [0, 0.05) is 29.1 Å². The first-order valence-corrected chi connectivity index (χ1v) is 7.13. The molecule has 0 bridgehead atoms. The van der Waals surface area contributed by atoms with Crippen LogP contribution in [0, 0.1) is 0 Å². The molecule has 0 saturated heterocycles. The van der Waals surface area contributed by atoms with Gasteiger partial charge in [-0.1, -0.05) is 6.07 Å². The number of rotatable bonds is 4. The summed E-state index contributed by atoms with van der Waals surface area (Å²) in [7, 11) is 0. The number of carbonyl (C=O) groups excluding carboxylic acids is 1. The van der Waals surface area contributed by atoms with Gasteiger partial charge in [-0.3, -0.25) is 4.79 Å². The van der Waals surface area contributed by atoms with Gasteiger partial charge in [-0.05, 0) is 48.1 Å². The number of hydrogen-bond donors (Lipinski definition) is 1. The maximum absolute atomic E-state index is 12.1. The molecule has 1 aliphatic rings. The summed E-state index contributed by atoms with van der Waals surface area (Å²) < 4.78 is 0. The standard InChI is InChI=1S/C15H15NOS/c17-15(6-4-13-2-1-9-18-13)12-3-5-14-11(10-12)7-8-16-14/h1-3,5,9-10,16H,4,6-8H2. The second kappa shape index (κ2) is 4.94. The number of anilines is 1. The van der Waals surface area contributed by atoms with Crippen molar-refractivity contribution in [3.05, 3.63) is 51.7 Å². The summed E-state index contributed by atoms with van der Waals surface area (Å²) in [5.74, 6) is 0.248. The molecule has 18 heavy (non-hydrogen) atoms. The zero-order valence-corrected chi connectivity index (χ0v) is 10.9. The lowest BCUT2D eigenvalue weighted by Crippen LogP contribution is -2.01. The van der Waals surface area contributed by atoms with E-state index in [4.69, 9.17) is 0 Å². The van der Waals surface area contributed by atoms with Gasteiger partial charge in [0.1, 0.15) is 0 Å². The zero-order chi connectivity index (χ0) is 12.4. The molecular weight excluding hydrogens is 242 g/mol. The summed E-state index contributed by atoms with van der Waals surface area (Å²) in [6, 6.07) is 10.1. The van der Waals surface area contributed by atoms with Crippen molar-refractivity contribution in [2.45, 2.75) is 19.3 Å². The Morgan fingerprint density at radius 2 is 2.28 bits per heavy atom. The van der Waals surface area contributed by atoms with Gasteiger partial charge in [0.15, 0.2) is 5.78 Å². The SMILES string of the molecule is O=C(CCc1cccs1)c1ccc2c(c1)CCN2. The van der Waals surface area contributed by atoms with Crippen LogP contribution in [0.5, 0.6) is 0 Å². The fraction of sp³-hybridized carbons (Fsp3) is 0.267. The molecule has 1 aromatic heterocycles. The van der Waals surface area contributed by atoms with E-state index in [0.29, 0.717) is 6.42 Å². The third kappa shape index (κ3) is 2.31. The lowest BCUT2D eigenvalue weighted by molar-refractivity contribution is 0.0983. The molecule has 2 aromatic rings. The molecule has 1 aliphatic heterocycles. The molecule has 0 saturated carbocycles. The molecule has 0 amide bonds. The molecule has 0 spiro atoms. The maximum atomic E-state index is 12.1. The van der Waals surface area contributed by atoms with E-state index in [0.717, 1.165) is 24.9 Å². The lowest BCUT2D eigenvalue weighted by Gasteiger charge is -2.04. The minimum Gasteiger partial charge on any atom is -0.384 e. The number of thiophene rings is 1. The van der Waals surface area contributed by atoms with Crippen molar-refractivity contribution in [3.8, 4) is 0 Å². The Hall–Kier alpha value is -1.61. The van der Waals surface area contributed by atoms with Crippen LogP contribution >= 0.6 is 11.3 Å². The van der Waals surface area contributed by atoms with E-state index in [9.17, 15) is 4.79 Å². The summed E-state index contributed by atoms with van der Waals surface area (Å²) in [6.07, 6.45) is 2.49. The predicted octanol–water partition coefficient (Wildman–Crippen LogP) is 3.53. The Morgan fingerprint density at radius 1 is 1.33 bits per heavy atom. The highest BCUT2D eigenvalue weighted by atomic mass is 32.1. The topological polar surface area (TPSA) is 29.1 Å². The van der Waals surface area contributed by atoms with Crippen LogP contribution in [0.15, 0.2) is 35.7 Å². The highest BCUT2D eigenvalue weighted by molar-refractivity contribution is 7.09. The third-order valence-electron chi connectivity index (χ3n) is 3.32. The molecule has 0 atom stereocenters. The number of benzene rings is 1. The van der Waals surface area contributed by atoms with Crippen molar-refractivity contribution in [1.82, 2.24) is 0 Å². The van der Waals surface area contributed by atoms with Gasteiger partial charge in [0.25, 0.3) is 0 Å². The van der Waals surface area contributed by atoms with Crippen LogP contribution in [0.25, 0.3) is 0 Å². The Morgan fingerprint density at radius 3 is 3.11 bits per heavy atom. The smallest absolute Gasteiger partial charge is 0.163 e. The van der Waals surface area contributed by atoms with Gasteiger partial charge in [-0.15, -0.1) is 11.3 Å². The fourth-order valence-electron chi connectivity index (χ4n) is 2.31. The van der Waals surface area contributed by atoms with E-state index in [-0.39, 0.29) is 5.78 Å². The zero-order valence-electron chi connectivity index (χ0n) is 10.1. The van der Waals surface area contributed by atoms with E-state index in [2.05, 4.69) is 16.8 Å². The monoisotopic (exact) mass is 257 g/mol. The molecule has 2 nitrogen and oxygen atoms in total. The molecule has 3 heteroatoms. The van der Waals surface area contributed by atoms with Gasteiger partial charge < -0.3 is 5.32 Å². The van der Waals surface area contributed by atoms with Crippen LogP contribution in [-0.4, -0.2) is 12.3 Å². The number of fused-ring (bicyclic) bond motifs is 1. The Balaban J connectivity index is 1.69. The van der Waals surface area contributed by atoms with E-state index < -0.39 is 0 Å². The molecule has 1 N–H and O–H groups in total. The van der Waals surface area contributed by atoms with Crippen LogP contribution in [0.3, 0.4) is 0 Å². The maximum Gasteiger partial charge on any atom is 0.163 e. The molecule has 0 radical (unpaired) electrons. The molecule has 1 aromatic carbocycles. The van der Waals surface area contributed by atoms with Gasteiger partial charge >= 0.3 is 0 Å². The Labute approximate surface area is 111 Å². The average Bonchev–Trinajstić information content (AvgIpc) is 3.05. The highest BCUT2D eigenvalue weighted by Gasteiger charge is 2.13. The van der Waals surface area contributed by atoms with Crippen LogP contribution in [0.2, 0.25) is 0 Å². The predicted molar refractivity (Wildman–Crippen MR) is 75.6 cm³/mol. The Bertz CT molecular complexity index is 560. The Kier molecular flexibility index (Phi) is 3.15. The summed E-state index contributed by atoms with van der Waals surface area (Å²) >= 11 is 1.72. The van der Waals surface area contributed by atoms with Crippen molar-refractivity contribution in [2.24, 2.45) is 0 Å². The van der Waals surface area contributed by atoms with Crippen molar-refractivity contribution in [1.29, 1.82) is 0 Å². The second-order valence-electron chi connectivity index (χ2n) is 4.55. The minimum absolute atomic E-state index is 0.248. The highest BCUT2D eigenvalue weighted by Crippen LogP contribution is 2.24. The summed E-state index contributed by atoms with van der Waals surface area (Å²) in [6.45, 7) is 0.988. The van der Waals surface area contributed by atoms with E-state index in [1.165, 1.54) is 16.1 Å².